The highest BCUT2D eigenvalue weighted by molar-refractivity contribution is 5.79. The van der Waals surface area contributed by atoms with Crippen LogP contribution < -0.4 is 5.73 Å². The standard InChI is InChI=1S/C17H15FN2/c1-11-9-14(18)6-7-15(11)17(19)13-5-4-12-3-2-8-20-16(12)10-13/h2-10,17H,19H2,1H3. The quantitative estimate of drug-likeness (QED) is 0.767. The number of pyridine rings is 1. The second-order valence-corrected chi connectivity index (χ2v) is 4.93. The number of benzene rings is 2. The van der Waals surface area contributed by atoms with E-state index in [1.54, 1.807) is 12.3 Å². The van der Waals surface area contributed by atoms with Crippen LogP contribution in [-0.4, -0.2) is 4.98 Å². The Labute approximate surface area is 117 Å². The Hall–Kier alpha value is -2.26. The lowest BCUT2D eigenvalue weighted by molar-refractivity contribution is 0.624. The summed E-state index contributed by atoms with van der Waals surface area (Å²) in [7, 11) is 0. The summed E-state index contributed by atoms with van der Waals surface area (Å²) in [6, 6.07) is 14.3. The SMILES string of the molecule is Cc1cc(F)ccc1C(N)c1ccc2cccnc2c1. The van der Waals surface area contributed by atoms with Crippen LogP contribution in [0.4, 0.5) is 4.39 Å². The fourth-order valence-electron chi connectivity index (χ4n) is 2.44. The number of aromatic nitrogens is 1. The smallest absolute Gasteiger partial charge is 0.123 e. The minimum atomic E-state index is -0.276. The van der Waals surface area contributed by atoms with Crippen molar-refractivity contribution >= 4 is 10.9 Å². The summed E-state index contributed by atoms with van der Waals surface area (Å²) in [5, 5.41) is 1.08. The van der Waals surface area contributed by atoms with E-state index in [-0.39, 0.29) is 11.9 Å². The molecule has 1 heterocycles. The lowest BCUT2D eigenvalue weighted by Gasteiger charge is -2.15. The number of rotatable bonds is 2. The van der Waals surface area contributed by atoms with Gasteiger partial charge in [0.25, 0.3) is 0 Å². The third-order valence-corrected chi connectivity index (χ3v) is 3.56. The summed E-state index contributed by atoms with van der Waals surface area (Å²) < 4.78 is 13.2. The second-order valence-electron chi connectivity index (χ2n) is 4.93. The Kier molecular flexibility index (Phi) is 3.20. The molecule has 1 unspecified atom stereocenters. The molecule has 0 amide bonds. The first-order chi connectivity index (χ1) is 9.65. The summed E-state index contributed by atoms with van der Waals surface area (Å²) in [4.78, 5) is 4.34. The number of aryl methyl sites for hydroxylation is 1. The largest absolute Gasteiger partial charge is 0.320 e. The van der Waals surface area contributed by atoms with E-state index in [0.717, 1.165) is 27.6 Å². The molecule has 0 aliphatic carbocycles. The highest BCUT2D eigenvalue weighted by Crippen LogP contribution is 2.25. The molecule has 3 heteroatoms. The summed E-state index contributed by atoms with van der Waals surface area (Å²) in [6.07, 6.45) is 1.76. The molecule has 0 saturated carbocycles. The van der Waals surface area contributed by atoms with Crippen LogP contribution in [0.3, 0.4) is 0 Å². The molecule has 2 nitrogen and oxygen atoms in total. The fraction of sp³-hybridized carbons (Fsp3) is 0.118. The molecule has 0 saturated heterocycles. The fourth-order valence-corrected chi connectivity index (χ4v) is 2.44. The number of nitrogens with zero attached hydrogens (tertiary/aromatic N) is 1. The molecule has 0 aliphatic heterocycles. The molecule has 0 fully saturated rings. The lowest BCUT2D eigenvalue weighted by Crippen LogP contribution is -2.13. The molecule has 0 spiro atoms. The Balaban J connectivity index is 2.05. The topological polar surface area (TPSA) is 38.9 Å². The van der Waals surface area contributed by atoms with E-state index in [1.165, 1.54) is 12.1 Å². The predicted octanol–water partition coefficient (Wildman–Crippen LogP) is 3.73. The molecule has 3 rings (SSSR count). The van der Waals surface area contributed by atoms with Crippen molar-refractivity contribution in [2.75, 3.05) is 0 Å². The van der Waals surface area contributed by atoms with Crippen molar-refractivity contribution in [2.24, 2.45) is 5.73 Å². The van der Waals surface area contributed by atoms with Crippen LogP contribution in [0.2, 0.25) is 0 Å². The van der Waals surface area contributed by atoms with Crippen LogP contribution in [0.5, 0.6) is 0 Å². The molecule has 100 valence electrons. The van der Waals surface area contributed by atoms with Crippen molar-refractivity contribution < 1.29 is 4.39 Å². The molecule has 20 heavy (non-hydrogen) atoms. The van der Waals surface area contributed by atoms with Crippen LogP contribution in [0.1, 0.15) is 22.7 Å². The molecule has 3 aromatic rings. The molecule has 2 aromatic carbocycles. The van der Waals surface area contributed by atoms with Crippen LogP contribution in [-0.2, 0) is 0 Å². The van der Waals surface area contributed by atoms with Crippen LogP contribution >= 0.6 is 0 Å². The molecular weight excluding hydrogens is 251 g/mol. The van der Waals surface area contributed by atoms with Gasteiger partial charge in [-0.2, -0.15) is 0 Å². The van der Waals surface area contributed by atoms with Gasteiger partial charge in [0.15, 0.2) is 0 Å². The third kappa shape index (κ3) is 2.28. The zero-order valence-electron chi connectivity index (χ0n) is 11.2. The Bertz CT molecular complexity index is 768. The van der Waals surface area contributed by atoms with Gasteiger partial charge in [-0.25, -0.2) is 4.39 Å². The summed E-state index contributed by atoms with van der Waals surface area (Å²) in [5.41, 5.74) is 9.99. The first kappa shape index (κ1) is 12.8. The monoisotopic (exact) mass is 266 g/mol. The maximum Gasteiger partial charge on any atom is 0.123 e. The van der Waals surface area contributed by atoms with E-state index in [1.807, 2.05) is 37.3 Å². The molecule has 0 aliphatic rings. The average Bonchev–Trinajstić information content (AvgIpc) is 2.46. The zero-order valence-corrected chi connectivity index (χ0v) is 11.2. The van der Waals surface area contributed by atoms with Gasteiger partial charge in [0.05, 0.1) is 11.6 Å². The lowest BCUT2D eigenvalue weighted by atomic mass is 9.95. The van der Waals surface area contributed by atoms with Gasteiger partial charge >= 0.3 is 0 Å². The number of halogens is 1. The molecular formula is C17H15FN2. The minimum Gasteiger partial charge on any atom is -0.320 e. The van der Waals surface area contributed by atoms with Crippen LogP contribution in [0.15, 0.2) is 54.7 Å². The average molecular weight is 266 g/mol. The van der Waals surface area contributed by atoms with Gasteiger partial charge in [0, 0.05) is 11.6 Å². The van der Waals surface area contributed by atoms with Gasteiger partial charge in [-0.1, -0.05) is 24.3 Å². The molecule has 1 aromatic heterocycles. The Morgan fingerprint density at radius 2 is 1.95 bits per heavy atom. The van der Waals surface area contributed by atoms with E-state index in [2.05, 4.69) is 4.98 Å². The highest BCUT2D eigenvalue weighted by atomic mass is 19.1. The van der Waals surface area contributed by atoms with E-state index in [0.29, 0.717) is 0 Å². The number of hydrogen-bond acceptors (Lipinski definition) is 2. The molecule has 1 atom stereocenters. The number of nitrogens with two attached hydrogens (primary N) is 1. The number of hydrogen-bond donors (Lipinski definition) is 1. The van der Waals surface area contributed by atoms with Crippen LogP contribution in [0.25, 0.3) is 10.9 Å². The van der Waals surface area contributed by atoms with Crippen LogP contribution in [0, 0.1) is 12.7 Å². The van der Waals surface area contributed by atoms with Crippen molar-refractivity contribution in [3.8, 4) is 0 Å². The maximum absolute atomic E-state index is 13.2. The van der Waals surface area contributed by atoms with Crippen molar-refractivity contribution in [1.82, 2.24) is 4.98 Å². The van der Waals surface area contributed by atoms with Gasteiger partial charge in [0.2, 0.25) is 0 Å². The molecule has 0 radical (unpaired) electrons. The van der Waals surface area contributed by atoms with E-state index < -0.39 is 0 Å². The van der Waals surface area contributed by atoms with Gasteiger partial charge in [-0.15, -0.1) is 0 Å². The first-order valence-electron chi connectivity index (χ1n) is 6.51. The van der Waals surface area contributed by atoms with E-state index in [9.17, 15) is 4.39 Å². The third-order valence-electron chi connectivity index (χ3n) is 3.56. The summed E-state index contributed by atoms with van der Waals surface area (Å²) in [5.74, 6) is -0.237. The second kappa shape index (κ2) is 5.02. The minimum absolute atomic E-state index is 0.237. The van der Waals surface area contributed by atoms with Gasteiger partial charge in [-0.3, -0.25) is 4.98 Å². The zero-order chi connectivity index (χ0) is 14.1. The van der Waals surface area contributed by atoms with Gasteiger partial charge < -0.3 is 5.73 Å². The highest BCUT2D eigenvalue weighted by Gasteiger charge is 2.12. The molecule has 2 N–H and O–H groups in total. The van der Waals surface area contributed by atoms with Crippen molar-refractivity contribution in [3.63, 3.8) is 0 Å². The summed E-state index contributed by atoms with van der Waals surface area (Å²) >= 11 is 0. The van der Waals surface area contributed by atoms with Crippen molar-refractivity contribution in [2.45, 2.75) is 13.0 Å². The van der Waals surface area contributed by atoms with Crippen molar-refractivity contribution in [3.05, 3.63) is 77.2 Å². The van der Waals surface area contributed by atoms with Crippen molar-refractivity contribution in [1.29, 1.82) is 0 Å². The maximum atomic E-state index is 13.2. The van der Waals surface area contributed by atoms with Gasteiger partial charge in [0.1, 0.15) is 5.82 Å². The Morgan fingerprint density at radius 1 is 1.10 bits per heavy atom. The van der Waals surface area contributed by atoms with E-state index in [4.69, 9.17) is 5.73 Å². The first-order valence-corrected chi connectivity index (χ1v) is 6.51. The van der Waals surface area contributed by atoms with Gasteiger partial charge in [-0.05, 0) is 47.9 Å². The predicted molar refractivity (Wildman–Crippen MR) is 78.9 cm³/mol. The van der Waals surface area contributed by atoms with E-state index >= 15 is 0 Å². The number of fused-ring (bicyclic) bond motifs is 1. The Morgan fingerprint density at radius 3 is 2.75 bits per heavy atom. The summed E-state index contributed by atoms with van der Waals surface area (Å²) in [6.45, 7) is 1.87. The normalized spacial score (nSPS) is 12.6. The molecule has 0 bridgehead atoms.